The van der Waals surface area contributed by atoms with Gasteiger partial charge in [-0.25, -0.2) is 0 Å². The van der Waals surface area contributed by atoms with Crippen molar-refractivity contribution in [3.63, 3.8) is 0 Å². The number of rotatable bonds is 7. The lowest BCUT2D eigenvalue weighted by Gasteiger charge is -2.34. The van der Waals surface area contributed by atoms with Crippen LogP contribution >= 0.6 is 0 Å². The zero-order valence-electron chi connectivity index (χ0n) is 10.3. The van der Waals surface area contributed by atoms with Crippen LogP contribution in [0.2, 0.25) is 0 Å². The molecular weight excluding hydrogens is 204 g/mol. The van der Waals surface area contributed by atoms with Crippen LogP contribution in [-0.2, 0) is 14.3 Å². The number of carbonyl (C=O) groups excluding carboxylic acids is 1. The standard InChI is InChI=1S/C13H22O3/c1-3-5-7-13(4-2,8-6-9-14)12-15-10-11-16-12/h6,8-9,12H,3-5,7,10-11H2,1-2H3/b8-6+. The van der Waals surface area contributed by atoms with E-state index >= 15 is 0 Å². The first-order chi connectivity index (χ1) is 7.79. The maximum absolute atomic E-state index is 10.5. The molecule has 1 aliphatic rings. The average molecular weight is 226 g/mol. The molecule has 0 aliphatic carbocycles. The predicted molar refractivity (Wildman–Crippen MR) is 63.1 cm³/mol. The monoisotopic (exact) mass is 226 g/mol. The van der Waals surface area contributed by atoms with Crippen molar-refractivity contribution in [1.29, 1.82) is 0 Å². The topological polar surface area (TPSA) is 35.5 Å². The molecule has 0 radical (unpaired) electrons. The van der Waals surface area contributed by atoms with Gasteiger partial charge in [0.1, 0.15) is 6.29 Å². The molecule has 0 amide bonds. The van der Waals surface area contributed by atoms with Crippen molar-refractivity contribution in [2.75, 3.05) is 13.2 Å². The Morgan fingerprint density at radius 2 is 2.00 bits per heavy atom. The molecule has 3 heteroatoms. The van der Waals surface area contributed by atoms with Crippen LogP contribution in [0.1, 0.15) is 39.5 Å². The molecule has 16 heavy (non-hydrogen) atoms. The van der Waals surface area contributed by atoms with E-state index in [-0.39, 0.29) is 11.7 Å². The van der Waals surface area contributed by atoms with Gasteiger partial charge in [0.05, 0.1) is 13.2 Å². The van der Waals surface area contributed by atoms with E-state index in [0.717, 1.165) is 32.0 Å². The zero-order valence-corrected chi connectivity index (χ0v) is 10.3. The number of hydrogen-bond acceptors (Lipinski definition) is 3. The summed E-state index contributed by atoms with van der Waals surface area (Å²) in [5.74, 6) is 0. The first-order valence-electron chi connectivity index (χ1n) is 6.15. The van der Waals surface area contributed by atoms with Gasteiger partial charge in [-0.05, 0) is 18.9 Å². The summed E-state index contributed by atoms with van der Waals surface area (Å²) in [7, 11) is 0. The summed E-state index contributed by atoms with van der Waals surface area (Å²) in [6.45, 7) is 5.61. The van der Waals surface area contributed by atoms with Gasteiger partial charge in [-0.15, -0.1) is 0 Å². The van der Waals surface area contributed by atoms with Crippen molar-refractivity contribution < 1.29 is 14.3 Å². The van der Waals surface area contributed by atoms with Gasteiger partial charge < -0.3 is 9.47 Å². The number of aldehydes is 1. The van der Waals surface area contributed by atoms with E-state index in [1.165, 1.54) is 0 Å². The van der Waals surface area contributed by atoms with Crippen LogP contribution in [-0.4, -0.2) is 25.8 Å². The third-order valence-corrected chi connectivity index (χ3v) is 3.25. The smallest absolute Gasteiger partial charge is 0.166 e. The van der Waals surface area contributed by atoms with E-state index in [4.69, 9.17) is 9.47 Å². The van der Waals surface area contributed by atoms with E-state index in [1.54, 1.807) is 6.08 Å². The Labute approximate surface area is 97.8 Å². The average Bonchev–Trinajstić information content (AvgIpc) is 2.84. The minimum atomic E-state index is -0.180. The van der Waals surface area contributed by atoms with E-state index < -0.39 is 0 Å². The van der Waals surface area contributed by atoms with Crippen molar-refractivity contribution in [2.24, 2.45) is 5.41 Å². The zero-order chi connectivity index (χ0) is 11.9. The molecule has 92 valence electrons. The Morgan fingerprint density at radius 1 is 1.31 bits per heavy atom. The Kier molecular flexibility index (Phi) is 5.71. The summed E-state index contributed by atoms with van der Waals surface area (Å²) < 4.78 is 11.2. The molecule has 0 saturated carbocycles. The second kappa shape index (κ2) is 6.81. The molecule has 0 N–H and O–H groups in total. The molecule has 3 nitrogen and oxygen atoms in total. The van der Waals surface area contributed by atoms with Gasteiger partial charge in [0.15, 0.2) is 6.29 Å². The van der Waals surface area contributed by atoms with Gasteiger partial charge in [-0.3, -0.25) is 4.79 Å². The van der Waals surface area contributed by atoms with E-state index in [9.17, 15) is 4.79 Å². The molecule has 0 bridgehead atoms. The number of allylic oxidation sites excluding steroid dienone is 1. The molecule has 1 fully saturated rings. The molecular formula is C13H22O3. The lowest BCUT2D eigenvalue weighted by atomic mass is 9.79. The largest absolute Gasteiger partial charge is 0.349 e. The highest BCUT2D eigenvalue weighted by molar-refractivity contribution is 5.64. The fourth-order valence-electron chi connectivity index (χ4n) is 2.17. The van der Waals surface area contributed by atoms with E-state index in [0.29, 0.717) is 13.2 Å². The summed E-state index contributed by atoms with van der Waals surface area (Å²) in [5.41, 5.74) is -0.132. The fourth-order valence-corrected chi connectivity index (χ4v) is 2.17. The van der Waals surface area contributed by atoms with Crippen LogP contribution < -0.4 is 0 Å². The van der Waals surface area contributed by atoms with Gasteiger partial charge in [-0.1, -0.05) is 32.8 Å². The summed E-state index contributed by atoms with van der Waals surface area (Å²) in [6, 6.07) is 0. The van der Waals surface area contributed by atoms with Crippen LogP contribution in [0.5, 0.6) is 0 Å². The van der Waals surface area contributed by atoms with Crippen molar-refractivity contribution in [3.8, 4) is 0 Å². The van der Waals surface area contributed by atoms with Gasteiger partial charge in [0, 0.05) is 5.41 Å². The summed E-state index contributed by atoms with van der Waals surface area (Å²) in [5, 5.41) is 0. The Balaban J connectivity index is 2.77. The van der Waals surface area contributed by atoms with Crippen molar-refractivity contribution in [3.05, 3.63) is 12.2 Å². The minimum absolute atomic E-state index is 0.132. The van der Waals surface area contributed by atoms with Gasteiger partial charge >= 0.3 is 0 Å². The first kappa shape index (κ1) is 13.4. The van der Waals surface area contributed by atoms with E-state index in [1.807, 2.05) is 6.08 Å². The van der Waals surface area contributed by atoms with Gasteiger partial charge in [0.2, 0.25) is 0 Å². The normalized spacial score (nSPS) is 21.4. The van der Waals surface area contributed by atoms with Gasteiger partial charge in [-0.2, -0.15) is 0 Å². The summed E-state index contributed by atoms with van der Waals surface area (Å²) in [6.07, 6.45) is 8.39. The van der Waals surface area contributed by atoms with E-state index in [2.05, 4.69) is 13.8 Å². The number of carbonyl (C=O) groups is 1. The molecule has 1 heterocycles. The molecule has 0 aromatic rings. The Hall–Kier alpha value is -0.670. The Morgan fingerprint density at radius 3 is 2.50 bits per heavy atom. The lowest BCUT2D eigenvalue weighted by Crippen LogP contribution is -2.34. The molecule has 1 rings (SSSR count). The van der Waals surface area contributed by atoms with Gasteiger partial charge in [0.25, 0.3) is 0 Å². The fraction of sp³-hybridized carbons (Fsp3) is 0.769. The van der Waals surface area contributed by atoms with Crippen LogP contribution in [0.15, 0.2) is 12.2 Å². The third kappa shape index (κ3) is 3.16. The second-order valence-corrected chi connectivity index (χ2v) is 4.26. The molecule has 1 atom stereocenters. The van der Waals surface area contributed by atoms with Crippen LogP contribution in [0.4, 0.5) is 0 Å². The number of hydrogen-bond donors (Lipinski definition) is 0. The highest BCUT2D eigenvalue weighted by atomic mass is 16.7. The van der Waals surface area contributed by atoms with Crippen LogP contribution in [0, 0.1) is 5.41 Å². The molecule has 0 spiro atoms. The maximum atomic E-state index is 10.5. The minimum Gasteiger partial charge on any atom is -0.349 e. The van der Waals surface area contributed by atoms with Crippen molar-refractivity contribution in [2.45, 2.75) is 45.8 Å². The highest BCUT2D eigenvalue weighted by Gasteiger charge is 2.38. The van der Waals surface area contributed by atoms with Crippen LogP contribution in [0.3, 0.4) is 0 Å². The van der Waals surface area contributed by atoms with Crippen molar-refractivity contribution >= 4 is 6.29 Å². The molecule has 0 aromatic carbocycles. The summed E-state index contributed by atoms with van der Waals surface area (Å²) >= 11 is 0. The molecule has 0 aromatic heterocycles. The molecule has 1 saturated heterocycles. The number of ether oxygens (including phenoxy) is 2. The summed E-state index contributed by atoms with van der Waals surface area (Å²) in [4.78, 5) is 10.5. The highest BCUT2D eigenvalue weighted by Crippen LogP contribution is 2.38. The van der Waals surface area contributed by atoms with Crippen molar-refractivity contribution in [1.82, 2.24) is 0 Å². The predicted octanol–water partition coefficient (Wildman–Crippen LogP) is 2.70. The maximum Gasteiger partial charge on any atom is 0.166 e. The Bertz CT molecular complexity index is 231. The molecule has 1 aliphatic heterocycles. The quantitative estimate of drug-likeness (QED) is 0.494. The van der Waals surface area contributed by atoms with Crippen LogP contribution in [0.25, 0.3) is 0 Å². The lowest BCUT2D eigenvalue weighted by molar-refractivity contribution is -0.119. The first-order valence-corrected chi connectivity index (χ1v) is 6.15. The molecule has 1 unspecified atom stereocenters. The third-order valence-electron chi connectivity index (χ3n) is 3.25. The SMILES string of the molecule is CCCCC(/C=C/C=O)(CC)C1OCCO1. The second-order valence-electron chi connectivity index (χ2n) is 4.26. The number of unbranched alkanes of at least 4 members (excludes halogenated alkanes) is 1.